The second-order valence-electron chi connectivity index (χ2n) is 3.29. The van der Waals surface area contributed by atoms with Crippen LogP contribution in [0.25, 0.3) is 0 Å². The summed E-state index contributed by atoms with van der Waals surface area (Å²) in [5.41, 5.74) is 1.61. The lowest BCUT2D eigenvalue weighted by Crippen LogP contribution is -2.07. The fourth-order valence-electron chi connectivity index (χ4n) is 1.04. The van der Waals surface area contributed by atoms with Crippen molar-refractivity contribution < 1.29 is 9.53 Å². The van der Waals surface area contributed by atoms with Crippen LogP contribution in [-0.4, -0.2) is 12.6 Å². The molecular formula is C12H13IO2. The number of rotatable bonds is 4. The van der Waals surface area contributed by atoms with E-state index in [1.807, 2.05) is 24.3 Å². The van der Waals surface area contributed by atoms with E-state index in [0.717, 1.165) is 6.42 Å². The highest BCUT2D eigenvalue weighted by atomic mass is 127. The maximum atomic E-state index is 11.1. The highest BCUT2D eigenvalue weighted by molar-refractivity contribution is 14.1. The minimum atomic E-state index is -0.319. The Balaban J connectivity index is 2.35. The molecule has 80 valence electrons. The maximum Gasteiger partial charge on any atom is 0.333 e. The number of benzene rings is 1. The summed E-state index contributed by atoms with van der Waals surface area (Å²) in [5, 5.41) is 0. The lowest BCUT2D eigenvalue weighted by molar-refractivity contribution is -0.138. The zero-order valence-electron chi connectivity index (χ0n) is 8.63. The van der Waals surface area contributed by atoms with Gasteiger partial charge in [-0.05, 0) is 47.2 Å². The molecule has 15 heavy (non-hydrogen) atoms. The summed E-state index contributed by atoms with van der Waals surface area (Å²) in [5.74, 6) is -0.319. The Labute approximate surface area is 103 Å². The molecule has 0 amide bonds. The van der Waals surface area contributed by atoms with Gasteiger partial charge >= 0.3 is 5.97 Å². The number of carbonyl (C=O) groups excluding carboxylic acids is 1. The molecular weight excluding hydrogens is 303 g/mol. The van der Waals surface area contributed by atoms with Crippen LogP contribution >= 0.6 is 22.6 Å². The number of esters is 1. The van der Waals surface area contributed by atoms with Gasteiger partial charge < -0.3 is 4.74 Å². The molecule has 0 heterocycles. The standard InChI is InChI=1S/C12H13IO2/c1-9(2)12(14)15-8-7-10-3-5-11(13)6-4-10/h3-6H,1,7-8H2,2H3. The number of ether oxygens (including phenoxy) is 1. The predicted molar refractivity (Wildman–Crippen MR) is 68.6 cm³/mol. The topological polar surface area (TPSA) is 26.3 Å². The van der Waals surface area contributed by atoms with Gasteiger partial charge in [0.05, 0.1) is 6.61 Å². The van der Waals surface area contributed by atoms with Crippen LogP contribution in [-0.2, 0) is 16.0 Å². The first-order valence-corrected chi connectivity index (χ1v) is 5.74. The molecule has 0 atom stereocenters. The molecule has 0 saturated carbocycles. The zero-order valence-corrected chi connectivity index (χ0v) is 10.8. The summed E-state index contributed by atoms with van der Waals surface area (Å²) in [7, 11) is 0. The Hall–Kier alpha value is -0.840. The lowest BCUT2D eigenvalue weighted by Gasteiger charge is -2.04. The molecule has 0 aliphatic heterocycles. The third-order valence-corrected chi connectivity index (χ3v) is 2.60. The Morgan fingerprint density at radius 1 is 1.40 bits per heavy atom. The molecule has 1 rings (SSSR count). The van der Waals surface area contributed by atoms with Crippen LogP contribution in [0, 0.1) is 3.57 Å². The smallest absolute Gasteiger partial charge is 0.333 e. The summed E-state index contributed by atoms with van der Waals surface area (Å²) < 4.78 is 6.20. The largest absolute Gasteiger partial charge is 0.462 e. The van der Waals surface area contributed by atoms with Crippen molar-refractivity contribution in [3.05, 3.63) is 45.6 Å². The van der Waals surface area contributed by atoms with Crippen LogP contribution in [0.1, 0.15) is 12.5 Å². The first-order chi connectivity index (χ1) is 7.09. The van der Waals surface area contributed by atoms with Crippen LogP contribution in [0.4, 0.5) is 0 Å². The molecule has 1 aromatic carbocycles. The summed E-state index contributed by atoms with van der Waals surface area (Å²) >= 11 is 2.26. The van der Waals surface area contributed by atoms with Gasteiger partial charge in [0.2, 0.25) is 0 Å². The summed E-state index contributed by atoms with van der Waals surface area (Å²) in [6.07, 6.45) is 0.746. The van der Waals surface area contributed by atoms with Gasteiger partial charge in [-0.1, -0.05) is 18.7 Å². The molecule has 0 unspecified atom stereocenters. The Kier molecular flexibility index (Phi) is 4.81. The van der Waals surface area contributed by atoms with E-state index in [2.05, 4.69) is 29.2 Å². The van der Waals surface area contributed by atoms with Crippen molar-refractivity contribution in [2.24, 2.45) is 0 Å². The molecule has 3 heteroatoms. The van der Waals surface area contributed by atoms with Crippen molar-refractivity contribution in [2.45, 2.75) is 13.3 Å². The fraction of sp³-hybridized carbons (Fsp3) is 0.250. The highest BCUT2D eigenvalue weighted by Gasteiger charge is 2.02. The van der Waals surface area contributed by atoms with Crippen molar-refractivity contribution in [1.29, 1.82) is 0 Å². The molecule has 0 aliphatic carbocycles. The van der Waals surface area contributed by atoms with Gasteiger partial charge in [0.15, 0.2) is 0 Å². The van der Waals surface area contributed by atoms with E-state index in [0.29, 0.717) is 12.2 Å². The van der Waals surface area contributed by atoms with Gasteiger partial charge in [0.25, 0.3) is 0 Å². The number of halogens is 1. The van der Waals surface area contributed by atoms with E-state index in [1.54, 1.807) is 6.92 Å². The quantitative estimate of drug-likeness (QED) is 0.485. The zero-order chi connectivity index (χ0) is 11.3. The molecule has 0 radical (unpaired) electrons. The average Bonchev–Trinajstić information content (AvgIpc) is 2.20. The number of hydrogen-bond donors (Lipinski definition) is 0. The van der Waals surface area contributed by atoms with E-state index in [9.17, 15) is 4.79 Å². The van der Waals surface area contributed by atoms with E-state index in [1.165, 1.54) is 9.13 Å². The average molecular weight is 316 g/mol. The lowest BCUT2D eigenvalue weighted by atomic mass is 10.2. The molecule has 0 spiro atoms. The van der Waals surface area contributed by atoms with Gasteiger partial charge in [-0.3, -0.25) is 0 Å². The van der Waals surface area contributed by atoms with E-state index in [-0.39, 0.29) is 5.97 Å². The van der Waals surface area contributed by atoms with E-state index >= 15 is 0 Å². The Morgan fingerprint density at radius 3 is 2.53 bits per heavy atom. The molecule has 0 fully saturated rings. The highest BCUT2D eigenvalue weighted by Crippen LogP contribution is 2.07. The van der Waals surface area contributed by atoms with Gasteiger partial charge in [0.1, 0.15) is 0 Å². The van der Waals surface area contributed by atoms with E-state index < -0.39 is 0 Å². The normalized spacial score (nSPS) is 9.73. The van der Waals surface area contributed by atoms with Gasteiger partial charge in [-0.15, -0.1) is 0 Å². The van der Waals surface area contributed by atoms with Crippen molar-refractivity contribution in [3.63, 3.8) is 0 Å². The van der Waals surface area contributed by atoms with Crippen LogP contribution in [0.5, 0.6) is 0 Å². The monoisotopic (exact) mass is 316 g/mol. The first kappa shape index (κ1) is 12.2. The van der Waals surface area contributed by atoms with Crippen molar-refractivity contribution in [3.8, 4) is 0 Å². The van der Waals surface area contributed by atoms with Crippen molar-refractivity contribution in [1.82, 2.24) is 0 Å². The summed E-state index contributed by atoms with van der Waals surface area (Å²) in [6.45, 7) is 5.57. The minimum Gasteiger partial charge on any atom is -0.462 e. The molecule has 0 aromatic heterocycles. The van der Waals surface area contributed by atoms with Gasteiger partial charge in [0, 0.05) is 15.6 Å². The molecule has 0 N–H and O–H groups in total. The van der Waals surface area contributed by atoms with Crippen LogP contribution < -0.4 is 0 Å². The molecule has 2 nitrogen and oxygen atoms in total. The first-order valence-electron chi connectivity index (χ1n) is 4.66. The SMILES string of the molecule is C=C(C)C(=O)OCCc1ccc(I)cc1. The number of carbonyl (C=O) groups is 1. The van der Waals surface area contributed by atoms with Crippen LogP contribution in [0.3, 0.4) is 0 Å². The van der Waals surface area contributed by atoms with E-state index in [4.69, 9.17) is 4.74 Å². The predicted octanol–water partition coefficient (Wildman–Crippen LogP) is 2.95. The second kappa shape index (κ2) is 5.90. The summed E-state index contributed by atoms with van der Waals surface area (Å²) in [4.78, 5) is 11.1. The van der Waals surface area contributed by atoms with Gasteiger partial charge in [-0.2, -0.15) is 0 Å². The van der Waals surface area contributed by atoms with Crippen molar-refractivity contribution >= 4 is 28.6 Å². The third kappa shape index (κ3) is 4.46. The second-order valence-corrected chi connectivity index (χ2v) is 4.54. The molecule has 1 aromatic rings. The Morgan fingerprint density at radius 2 is 2.00 bits per heavy atom. The number of hydrogen-bond acceptors (Lipinski definition) is 2. The molecule has 0 saturated heterocycles. The maximum absolute atomic E-state index is 11.1. The fourth-order valence-corrected chi connectivity index (χ4v) is 1.40. The van der Waals surface area contributed by atoms with Gasteiger partial charge in [-0.25, -0.2) is 4.79 Å². The minimum absolute atomic E-state index is 0.319. The molecule has 0 bridgehead atoms. The van der Waals surface area contributed by atoms with Crippen molar-refractivity contribution in [2.75, 3.05) is 6.61 Å². The van der Waals surface area contributed by atoms with Crippen LogP contribution in [0.2, 0.25) is 0 Å². The van der Waals surface area contributed by atoms with Crippen LogP contribution in [0.15, 0.2) is 36.4 Å². The molecule has 0 aliphatic rings. The Bertz CT molecular complexity index is 354. The summed E-state index contributed by atoms with van der Waals surface area (Å²) in [6, 6.07) is 8.15. The third-order valence-electron chi connectivity index (χ3n) is 1.89.